The first-order valence-electron chi connectivity index (χ1n) is 8.01. The highest BCUT2D eigenvalue weighted by Crippen LogP contribution is 2.28. The highest BCUT2D eigenvalue weighted by Gasteiger charge is 2.30. The summed E-state index contributed by atoms with van der Waals surface area (Å²) in [5.41, 5.74) is 0. The number of hydrogen-bond acceptors (Lipinski definition) is 3. The zero-order chi connectivity index (χ0) is 15.1. The van der Waals surface area contributed by atoms with Crippen LogP contribution in [0.3, 0.4) is 0 Å². The highest BCUT2D eigenvalue weighted by atomic mass is 16.5. The van der Waals surface area contributed by atoms with Crippen molar-refractivity contribution >= 4 is 12.0 Å². The van der Waals surface area contributed by atoms with Crippen LogP contribution in [0.2, 0.25) is 0 Å². The second-order valence-electron chi connectivity index (χ2n) is 6.11. The molecule has 2 amide bonds. The number of carboxylic acid groups (broad SMARTS) is 1. The first kappa shape index (κ1) is 16.1. The average molecular weight is 298 g/mol. The molecule has 6 nitrogen and oxygen atoms in total. The molecule has 2 rings (SSSR count). The minimum absolute atomic E-state index is 0.266. The van der Waals surface area contributed by atoms with E-state index < -0.39 is 11.9 Å². The standard InChI is InChI=1S/C15H26N2O4/c18-14(19)12-4-2-1-3-5-13(12)17-15(20)16-8-9-21-10-11-6-7-11/h11-13H,1-10H2,(H,18,19)(H2,16,17,20). The zero-order valence-corrected chi connectivity index (χ0v) is 12.5. The maximum atomic E-state index is 11.8. The summed E-state index contributed by atoms with van der Waals surface area (Å²) < 4.78 is 5.44. The van der Waals surface area contributed by atoms with Crippen LogP contribution in [0.25, 0.3) is 0 Å². The lowest BCUT2D eigenvalue weighted by Gasteiger charge is -2.23. The van der Waals surface area contributed by atoms with Gasteiger partial charge in [0.15, 0.2) is 0 Å². The third-order valence-corrected chi connectivity index (χ3v) is 4.23. The lowest BCUT2D eigenvalue weighted by molar-refractivity contribution is -0.142. The molecule has 2 unspecified atom stereocenters. The first-order chi connectivity index (χ1) is 10.2. The predicted octanol–water partition coefficient (Wildman–Crippen LogP) is 1.75. The number of rotatable bonds is 7. The van der Waals surface area contributed by atoms with Crippen LogP contribution in [0.1, 0.15) is 44.9 Å². The Morgan fingerprint density at radius 3 is 2.57 bits per heavy atom. The summed E-state index contributed by atoms with van der Waals surface area (Å²) in [5, 5.41) is 14.8. The Morgan fingerprint density at radius 1 is 1.10 bits per heavy atom. The summed E-state index contributed by atoms with van der Waals surface area (Å²) in [6.45, 7) is 1.76. The molecule has 2 aliphatic rings. The van der Waals surface area contributed by atoms with Gasteiger partial charge in [-0.05, 0) is 31.6 Å². The van der Waals surface area contributed by atoms with Crippen LogP contribution in [-0.2, 0) is 9.53 Å². The number of carbonyl (C=O) groups is 2. The molecule has 0 aromatic carbocycles. The molecule has 21 heavy (non-hydrogen) atoms. The molecule has 3 N–H and O–H groups in total. The fourth-order valence-corrected chi connectivity index (χ4v) is 2.77. The minimum Gasteiger partial charge on any atom is -0.481 e. The van der Waals surface area contributed by atoms with Gasteiger partial charge in [0.2, 0.25) is 0 Å². The number of nitrogens with one attached hydrogen (secondary N) is 2. The van der Waals surface area contributed by atoms with Crippen LogP contribution >= 0.6 is 0 Å². The normalized spacial score (nSPS) is 25.9. The second-order valence-corrected chi connectivity index (χ2v) is 6.11. The van der Waals surface area contributed by atoms with Crippen molar-refractivity contribution in [2.75, 3.05) is 19.8 Å². The Bertz CT molecular complexity index is 358. The van der Waals surface area contributed by atoms with Crippen molar-refractivity contribution in [2.45, 2.75) is 51.0 Å². The molecule has 0 aromatic heterocycles. The molecule has 120 valence electrons. The van der Waals surface area contributed by atoms with Crippen LogP contribution in [-0.4, -0.2) is 42.9 Å². The quantitative estimate of drug-likeness (QED) is 0.493. The molecule has 0 radical (unpaired) electrons. The maximum absolute atomic E-state index is 11.8. The number of carbonyl (C=O) groups excluding carboxylic acids is 1. The van der Waals surface area contributed by atoms with Crippen molar-refractivity contribution in [3.8, 4) is 0 Å². The van der Waals surface area contributed by atoms with Gasteiger partial charge >= 0.3 is 12.0 Å². The number of carboxylic acids is 1. The molecule has 0 saturated heterocycles. The highest BCUT2D eigenvalue weighted by molar-refractivity contribution is 5.76. The molecule has 2 saturated carbocycles. The largest absolute Gasteiger partial charge is 0.481 e. The van der Waals surface area contributed by atoms with Crippen molar-refractivity contribution in [1.29, 1.82) is 0 Å². The van der Waals surface area contributed by atoms with Gasteiger partial charge in [0, 0.05) is 19.2 Å². The third kappa shape index (κ3) is 5.91. The lowest BCUT2D eigenvalue weighted by atomic mass is 9.95. The van der Waals surface area contributed by atoms with Crippen molar-refractivity contribution in [2.24, 2.45) is 11.8 Å². The van der Waals surface area contributed by atoms with E-state index in [9.17, 15) is 14.7 Å². The molecule has 0 aliphatic heterocycles. The lowest BCUT2D eigenvalue weighted by Crippen LogP contribution is -2.47. The number of aliphatic carboxylic acids is 1. The van der Waals surface area contributed by atoms with Crippen LogP contribution in [0, 0.1) is 11.8 Å². The Kier molecular flexibility index (Phi) is 6.29. The van der Waals surface area contributed by atoms with Crippen molar-refractivity contribution in [3.63, 3.8) is 0 Å². The van der Waals surface area contributed by atoms with E-state index in [4.69, 9.17) is 4.74 Å². The molecule has 2 aliphatic carbocycles. The second kappa shape index (κ2) is 8.22. The van der Waals surface area contributed by atoms with Gasteiger partial charge in [-0.25, -0.2) is 4.79 Å². The van der Waals surface area contributed by atoms with Gasteiger partial charge in [0.05, 0.1) is 12.5 Å². The third-order valence-electron chi connectivity index (χ3n) is 4.23. The Hall–Kier alpha value is -1.30. The fourth-order valence-electron chi connectivity index (χ4n) is 2.77. The average Bonchev–Trinajstić information content (AvgIpc) is 3.25. The van der Waals surface area contributed by atoms with E-state index in [0.717, 1.165) is 38.2 Å². The Morgan fingerprint density at radius 2 is 1.86 bits per heavy atom. The van der Waals surface area contributed by atoms with E-state index in [2.05, 4.69) is 10.6 Å². The monoisotopic (exact) mass is 298 g/mol. The molecular formula is C15H26N2O4. The van der Waals surface area contributed by atoms with Gasteiger partial charge in [-0.1, -0.05) is 19.3 Å². The molecule has 0 aromatic rings. The summed E-state index contributed by atoms with van der Waals surface area (Å²) in [4.78, 5) is 23.1. The molecule has 6 heteroatoms. The number of hydrogen-bond donors (Lipinski definition) is 3. The van der Waals surface area contributed by atoms with E-state index in [-0.39, 0.29) is 12.1 Å². The molecule has 0 bridgehead atoms. The fraction of sp³-hybridized carbons (Fsp3) is 0.867. The smallest absolute Gasteiger partial charge is 0.315 e. The maximum Gasteiger partial charge on any atom is 0.315 e. The summed E-state index contributed by atoms with van der Waals surface area (Å²) in [6, 6.07) is -0.555. The van der Waals surface area contributed by atoms with Gasteiger partial charge in [-0.15, -0.1) is 0 Å². The van der Waals surface area contributed by atoms with Crippen LogP contribution in [0.5, 0.6) is 0 Å². The summed E-state index contributed by atoms with van der Waals surface area (Å²) in [7, 11) is 0. The van der Waals surface area contributed by atoms with E-state index in [1.807, 2.05) is 0 Å². The van der Waals surface area contributed by atoms with Gasteiger partial charge in [-0.2, -0.15) is 0 Å². The van der Waals surface area contributed by atoms with E-state index in [1.165, 1.54) is 12.8 Å². The number of urea groups is 1. The van der Waals surface area contributed by atoms with Crippen LogP contribution < -0.4 is 10.6 Å². The molecule has 2 atom stereocenters. The summed E-state index contributed by atoms with van der Waals surface area (Å²) in [6.07, 6.45) is 6.83. The van der Waals surface area contributed by atoms with E-state index in [0.29, 0.717) is 19.6 Å². The van der Waals surface area contributed by atoms with Gasteiger partial charge in [-0.3, -0.25) is 4.79 Å². The van der Waals surface area contributed by atoms with Crippen molar-refractivity contribution in [3.05, 3.63) is 0 Å². The molecule has 2 fully saturated rings. The Balaban J connectivity index is 1.64. The zero-order valence-electron chi connectivity index (χ0n) is 12.5. The topological polar surface area (TPSA) is 87.7 Å². The van der Waals surface area contributed by atoms with E-state index in [1.54, 1.807) is 0 Å². The SMILES string of the molecule is O=C(NCCOCC1CC1)NC1CCCCCC1C(=O)O. The van der Waals surface area contributed by atoms with Gasteiger partial charge in [0.1, 0.15) is 0 Å². The minimum atomic E-state index is -0.810. The molecular weight excluding hydrogens is 272 g/mol. The van der Waals surface area contributed by atoms with E-state index >= 15 is 0 Å². The molecule has 0 spiro atoms. The number of ether oxygens (including phenoxy) is 1. The van der Waals surface area contributed by atoms with Crippen LogP contribution in [0.15, 0.2) is 0 Å². The number of amides is 2. The predicted molar refractivity (Wildman–Crippen MR) is 78.1 cm³/mol. The first-order valence-corrected chi connectivity index (χ1v) is 8.01. The Labute approximate surface area is 125 Å². The van der Waals surface area contributed by atoms with Gasteiger partial charge < -0.3 is 20.5 Å². The van der Waals surface area contributed by atoms with Gasteiger partial charge in [0.25, 0.3) is 0 Å². The van der Waals surface area contributed by atoms with Crippen LogP contribution in [0.4, 0.5) is 4.79 Å². The summed E-state index contributed by atoms with van der Waals surface area (Å²) >= 11 is 0. The van der Waals surface area contributed by atoms with Crippen molar-refractivity contribution < 1.29 is 19.4 Å². The summed E-state index contributed by atoms with van der Waals surface area (Å²) in [5.74, 6) is -0.555. The van der Waals surface area contributed by atoms with Crippen molar-refractivity contribution in [1.82, 2.24) is 10.6 Å². The molecule has 0 heterocycles.